The van der Waals surface area contributed by atoms with Crippen LogP contribution in [0.3, 0.4) is 0 Å². The fourth-order valence-corrected chi connectivity index (χ4v) is 4.41. The van der Waals surface area contributed by atoms with E-state index in [1.165, 1.54) is 12.5 Å². The van der Waals surface area contributed by atoms with Crippen LogP contribution < -0.4 is 5.32 Å². The van der Waals surface area contributed by atoms with Gasteiger partial charge in [0, 0.05) is 37.4 Å². The fraction of sp³-hybridized carbons (Fsp3) is 0.500. The number of nitrogens with one attached hydrogen (secondary N) is 2. The number of amides is 1. The minimum atomic E-state index is -0.178. The Bertz CT molecular complexity index is 891. The molecule has 0 bridgehead atoms. The summed E-state index contributed by atoms with van der Waals surface area (Å²) in [6.45, 7) is 12.8. The Labute approximate surface area is 179 Å². The SMILES string of the molecule is CCc1c(C(=O)NCc2ccc(CN3CC(C)OC(C)C3)cc2)[nH]c(C)c1C(C)=O. The average molecular weight is 412 g/mol. The Hall–Kier alpha value is -2.44. The number of aromatic nitrogens is 1. The molecule has 2 N–H and O–H groups in total. The van der Waals surface area contributed by atoms with Crippen molar-refractivity contribution in [2.45, 2.75) is 66.3 Å². The zero-order valence-electron chi connectivity index (χ0n) is 18.7. The topological polar surface area (TPSA) is 74.4 Å². The lowest BCUT2D eigenvalue weighted by molar-refractivity contribution is -0.0704. The van der Waals surface area contributed by atoms with Gasteiger partial charge in [-0.15, -0.1) is 0 Å². The van der Waals surface area contributed by atoms with Crippen molar-refractivity contribution in [1.29, 1.82) is 0 Å². The normalized spacial score (nSPS) is 19.6. The molecule has 0 spiro atoms. The maximum atomic E-state index is 12.7. The number of ketones is 1. The van der Waals surface area contributed by atoms with Crippen LogP contribution in [0.15, 0.2) is 24.3 Å². The van der Waals surface area contributed by atoms with Crippen LogP contribution in [-0.2, 0) is 24.2 Å². The molecular weight excluding hydrogens is 378 g/mol. The average Bonchev–Trinajstić information content (AvgIpc) is 3.03. The van der Waals surface area contributed by atoms with E-state index in [4.69, 9.17) is 4.74 Å². The van der Waals surface area contributed by atoms with Gasteiger partial charge < -0.3 is 15.0 Å². The first-order valence-electron chi connectivity index (χ1n) is 10.7. The van der Waals surface area contributed by atoms with Crippen LogP contribution in [-0.4, -0.2) is 46.9 Å². The number of ether oxygens (including phenoxy) is 1. The van der Waals surface area contributed by atoms with Gasteiger partial charge in [0.2, 0.25) is 0 Å². The van der Waals surface area contributed by atoms with Gasteiger partial charge >= 0.3 is 0 Å². The minimum Gasteiger partial charge on any atom is -0.373 e. The van der Waals surface area contributed by atoms with Gasteiger partial charge in [-0.25, -0.2) is 0 Å². The van der Waals surface area contributed by atoms with Crippen molar-refractivity contribution >= 4 is 11.7 Å². The number of rotatable bonds is 7. The van der Waals surface area contributed by atoms with Gasteiger partial charge in [0.05, 0.1) is 12.2 Å². The highest BCUT2D eigenvalue weighted by Crippen LogP contribution is 2.20. The lowest BCUT2D eigenvalue weighted by Crippen LogP contribution is -2.44. The summed E-state index contributed by atoms with van der Waals surface area (Å²) in [5, 5.41) is 2.97. The van der Waals surface area contributed by atoms with E-state index in [1.807, 2.05) is 13.8 Å². The van der Waals surface area contributed by atoms with Gasteiger partial charge in [-0.3, -0.25) is 14.5 Å². The molecule has 2 unspecified atom stereocenters. The van der Waals surface area contributed by atoms with Gasteiger partial charge in [-0.1, -0.05) is 31.2 Å². The molecule has 2 aromatic rings. The highest BCUT2D eigenvalue weighted by atomic mass is 16.5. The van der Waals surface area contributed by atoms with Crippen LogP contribution in [0.4, 0.5) is 0 Å². The number of Topliss-reactive ketones (excluding diaryl/α,β-unsaturated/α-hetero) is 1. The first-order valence-corrected chi connectivity index (χ1v) is 10.7. The molecule has 1 aliphatic rings. The van der Waals surface area contributed by atoms with Crippen molar-refractivity contribution < 1.29 is 14.3 Å². The second-order valence-corrected chi connectivity index (χ2v) is 8.34. The Morgan fingerprint density at radius 3 is 2.30 bits per heavy atom. The maximum absolute atomic E-state index is 12.7. The summed E-state index contributed by atoms with van der Waals surface area (Å²) in [6, 6.07) is 8.36. The van der Waals surface area contributed by atoms with E-state index in [0.717, 1.165) is 36.5 Å². The summed E-state index contributed by atoms with van der Waals surface area (Å²) in [4.78, 5) is 30.1. The molecule has 1 aromatic heterocycles. The number of nitrogens with zero attached hydrogens (tertiary/aromatic N) is 1. The summed E-state index contributed by atoms with van der Waals surface area (Å²) in [7, 11) is 0. The van der Waals surface area contributed by atoms with E-state index in [9.17, 15) is 9.59 Å². The number of hydrogen-bond donors (Lipinski definition) is 2. The largest absolute Gasteiger partial charge is 0.373 e. The van der Waals surface area contributed by atoms with Crippen molar-refractivity contribution in [3.05, 3.63) is 57.9 Å². The number of hydrogen-bond acceptors (Lipinski definition) is 4. The molecule has 0 aliphatic carbocycles. The van der Waals surface area contributed by atoms with Gasteiger partial charge in [0.25, 0.3) is 5.91 Å². The molecule has 1 amide bonds. The number of carbonyl (C=O) groups excluding carboxylic acids is 2. The zero-order valence-corrected chi connectivity index (χ0v) is 18.7. The molecule has 162 valence electrons. The van der Waals surface area contributed by atoms with Crippen LogP contribution >= 0.6 is 0 Å². The molecule has 30 heavy (non-hydrogen) atoms. The first-order chi connectivity index (χ1) is 14.3. The molecule has 6 heteroatoms. The number of H-pyrrole nitrogens is 1. The molecule has 0 saturated carbocycles. The fourth-order valence-electron chi connectivity index (χ4n) is 4.41. The quantitative estimate of drug-likeness (QED) is 0.683. The molecule has 2 atom stereocenters. The van der Waals surface area contributed by atoms with E-state index in [0.29, 0.717) is 24.2 Å². The second-order valence-electron chi connectivity index (χ2n) is 8.34. The molecule has 0 radical (unpaired) electrons. The summed E-state index contributed by atoms with van der Waals surface area (Å²) < 4.78 is 5.80. The Kier molecular flexibility index (Phi) is 7.10. The van der Waals surface area contributed by atoms with Gasteiger partial charge in [0.15, 0.2) is 5.78 Å². The van der Waals surface area contributed by atoms with Crippen LogP contribution in [0, 0.1) is 6.92 Å². The number of benzene rings is 1. The van der Waals surface area contributed by atoms with Crippen molar-refractivity contribution in [2.75, 3.05) is 13.1 Å². The maximum Gasteiger partial charge on any atom is 0.268 e. The third-order valence-electron chi connectivity index (χ3n) is 5.60. The molecule has 6 nitrogen and oxygen atoms in total. The Balaban J connectivity index is 1.59. The predicted octanol–water partition coefficient (Wildman–Crippen LogP) is 3.63. The van der Waals surface area contributed by atoms with Crippen molar-refractivity contribution in [1.82, 2.24) is 15.2 Å². The van der Waals surface area contributed by atoms with E-state index in [-0.39, 0.29) is 23.9 Å². The number of aryl methyl sites for hydroxylation is 1. The van der Waals surface area contributed by atoms with Crippen LogP contribution in [0.5, 0.6) is 0 Å². The van der Waals surface area contributed by atoms with Crippen molar-refractivity contribution in [3.63, 3.8) is 0 Å². The van der Waals surface area contributed by atoms with Crippen LogP contribution in [0.1, 0.15) is 70.9 Å². The van der Waals surface area contributed by atoms with Crippen molar-refractivity contribution in [3.8, 4) is 0 Å². The Morgan fingerprint density at radius 1 is 1.13 bits per heavy atom. The second kappa shape index (κ2) is 9.58. The summed E-state index contributed by atoms with van der Waals surface area (Å²) in [5.74, 6) is -0.192. The summed E-state index contributed by atoms with van der Waals surface area (Å²) in [6.07, 6.45) is 1.16. The van der Waals surface area contributed by atoms with Gasteiger partial charge in [-0.2, -0.15) is 0 Å². The van der Waals surface area contributed by atoms with E-state index in [2.05, 4.69) is 53.3 Å². The number of aromatic amines is 1. The van der Waals surface area contributed by atoms with E-state index in [1.54, 1.807) is 0 Å². The smallest absolute Gasteiger partial charge is 0.268 e. The molecular formula is C24H33N3O3. The predicted molar refractivity (Wildman–Crippen MR) is 118 cm³/mol. The monoisotopic (exact) mass is 411 g/mol. The standard InChI is InChI=1S/C24H33N3O3/c1-6-21-22(18(5)28)17(4)26-23(21)24(29)25-11-19-7-9-20(10-8-19)14-27-12-15(2)30-16(3)13-27/h7-10,15-16,26H,6,11-14H2,1-5H3,(H,25,29). The summed E-state index contributed by atoms with van der Waals surface area (Å²) >= 11 is 0. The highest BCUT2D eigenvalue weighted by molar-refractivity contribution is 6.02. The third kappa shape index (κ3) is 5.18. The van der Waals surface area contributed by atoms with E-state index >= 15 is 0 Å². The lowest BCUT2D eigenvalue weighted by Gasteiger charge is -2.35. The number of morpholine rings is 1. The third-order valence-corrected chi connectivity index (χ3v) is 5.60. The van der Waals surface area contributed by atoms with Gasteiger partial charge in [-0.05, 0) is 50.8 Å². The summed E-state index contributed by atoms with van der Waals surface area (Å²) in [5.41, 5.74) is 4.98. The molecule has 2 heterocycles. The molecule has 1 fully saturated rings. The molecule has 1 saturated heterocycles. The molecule has 3 rings (SSSR count). The van der Waals surface area contributed by atoms with E-state index < -0.39 is 0 Å². The minimum absolute atomic E-state index is 0.0145. The van der Waals surface area contributed by atoms with Crippen LogP contribution in [0.2, 0.25) is 0 Å². The highest BCUT2D eigenvalue weighted by Gasteiger charge is 2.23. The van der Waals surface area contributed by atoms with Crippen LogP contribution in [0.25, 0.3) is 0 Å². The molecule has 1 aliphatic heterocycles. The lowest BCUT2D eigenvalue weighted by atomic mass is 10.0. The zero-order chi connectivity index (χ0) is 21.8. The number of carbonyl (C=O) groups is 2. The molecule has 1 aromatic carbocycles. The van der Waals surface area contributed by atoms with Gasteiger partial charge in [0.1, 0.15) is 5.69 Å². The Morgan fingerprint density at radius 2 is 1.73 bits per heavy atom. The first kappa shape index (κ1) is 22.2. The van der Waals surface area contributed by atoms with Crippen molar-refractivity contribution in [2.24, 2.45) is 0 Å².